The molecule has 3 rings (SSSR count). The summed E-state index contributed by atoms with van der Waals surface area (Å²) in [5.41, 5.74) is 3.13. The number of allylic oxidation sites excluding steroid dienone is 2. The highest BCUT2D eigenvalue weighted by atomic mass is 16.5. The van der Waals surface area contributed by atoms with Gasteiger partial charge in [0.05, 0.1) is 5.92 Å². The molecule has 0 bridgehead atoms. The topological polar surface area (TPSA) is 26.3 Å². The van der Waals surface area contributed by atoms with Crippen LogP contribution in [0.1, 0.15) is 62.1 Å². The maximum Gasteiger partial charge on any atom is 0.314 e. The number of hydrogen-bond donors (Lipinski definition) is 0. The second-order valence-electron chi connectivity index (χ2n) is 7.93. The molecule has 0 aliphatic heterocycles. The minimum atomic E-state index is -0.0876. The zero-order valence-electron chi connectivity index (χ0n) is 17.5. The van der Waals surface area contributed by atoms with Gasteiger partial charge in [0.1, 0.15) is 5.75 Å². The maximum absolute atomic E-state index is 12.5. The number of hydrogen-bond acceptors (Lipinski definition) is 2. The minimum Gasteiger partial charge on any atom is -0.426 e. The Bertz CT molecular complexity index is 871. The highest BCUT2D eigenvalue weighted by Gasteiger charge is 2.27. The standard InChI is InChI=1S/C27H30O2/c1-3-4-5-6-22-13-17-25(18-14-22)27(28)29-26-19-15-24(16-20-26)12-11-23-9-7-21(2)8-10-23/h3-4,7-10,15-16,19-20,22,25H,5-6,13-14,17-18H2,1-2H3/b4-3+. The van der Waals surface area contributed by atoms with Gasteiger partial charge in [0, 0.05) is 11.1 Å². The van der Waals surface area contributed by atoms with E-state index in [0.29, 0.717) is 5.75 Å². The van der Waals surface area contributed by atoms with Crippen molar-refractivity contribution in [2.45, 2.75) is 52.4 Å². The first kappa shape index (κ1) is 20.9. The summed E-state index contributed by atoms with van der Waals surface area (Å²) < 4.78 is 5.62. The van der Waals surface area contributed by atoms with Gasteiger partial charge < -0.3 is 4.74 Å². The number of aryl methyl sites for hydroxylation is 1. The van der Waals surface area contributed by atoms with Gasteiger partial charge in [0.15, 0.2) is 0 Å². The summed E-state index contributed by atoms with van der Waals surface area (Å²) >= 11 is 0. The van der Waals surface area contributed by atoms with Crippen LogP contribution in [0.4, 0.5) is 0 Å². The molecule has 0 heterocycles. The van der Waals surface area contributed by atoms with Crippen molar-refractivity contribution in [3.05, 3.63) is 77.4 Å². The Labute approximate surface area is 175 Å². The van der Waals surface area contributed by atoms with E-state index in [9.17, 15) is 4.79 Å². The highest BCUT2D eigenvalue weighted by Crippen LogP contribution is 2.32. The lowest BCUT2D eigenvalue weighted by molar-refractivity contribution is -0.140. The molecule has 2 nitrogen and oxygen atoms in total. The van der Waals surface area contributed by atoms with E-state index in [1.807, 2.05) is 36.4 Å². The lowest BCUT2D eigenvalue weighted by Gasteiger charge is -2.26. The fourth-order valence-corrected chi connectivity index (χ4v) is 3.77. The van der Waals surface area contributed by atoms with Crippen molar-refractivity contribution in [2.75, 3.05) is 0 Å². The second kappa shape index (κ2) is 10.7. The van der Waals surface area contributed by atoms with Crippen LogP contribution in [0.2, 0.25) is 0 Å². The molecule has 1 fully saturated rings. The molecule has 29 heavy (non-hydrogen) atoms. The molecule has 0 unspecified atom stereocenters. The van der Waals surface area contributed by atoms with Crippen LogP contribution < -0.4 is 4.74 Å². The van der Waals surface area contributed by atoms with Crippen LogP contribution in [0.25, 0.3) is 0 Å². The van der Waals surface area contributed by atoms with Crippen molar-refractivity contribution in [3.8, 4) is 17.6 Å². The number of benzene rings is 2. The van der Waals surface area contributed by atoms with E-state index in [1.54, 1.807) is 0 Å². The van der Waals surface area contributed by atoms with Crippen molar-refractivity contribution in [1.29, 1.82) is 0 Å². The van der Waals surface area contributed by atoms with Crippen molar-refractivity contribution in [3.63, 3.8) is 0 Å². The van der Waals surface area contributed by atoms with Gasteiger partial charge in [-0.15, -0.1) is 0 Å². The monoisotopic (exact) mass is 386 g/mol. The van der Waals surface area contributed by atoms with E-state index in [2.05, 4.69) is 50.0 Å². The largest absolute Gasteiger partial charge is 0.426 e. The summed E-state index contributed by atoms with van der Waals surface area (Å²) in [5.74, 6) is 7.62. The Kier molecular flexibility index (Phi) is 7.70. The third-order valence-corrected chi connectivity index (χ3v) is 5.63. The number of rotatable bonds is 5. The summed E-state index contributed by atoms with van der Waals surface area (Å²) in [6.07, 6.45) is 10.9. The fraction of sp³-hybridized carbons (Fsp3) is 0.370. The highest BCUT2D eigenvalue weighted by molar-refractivity contribution is 5.75. The average Bonchev–Trinajstić information content (AvgIpc) is 2.75. The maximum atomic E-state index is 12.5. The molecule has 1 saturated carbocycles. The Hall–Kier alpha value is -2.79. The molecule has 2 aromatic carbocycles. The predicted molar refractivity (Wildman–Crippen MR) is 119 cm³/mol. The summed E-state index contributed by atoms with van der Waals surface area (Å²) in [7, 11) is 0. The zero-order chi connectivity index (χ0) is 20.5. The molecule has 1 aliphatic carbocycles. The Morgan fingerprint density at radius 2 is 1.55 bits per heavy atom. The first-order valence-electron chi connectivity index (χ1n) is 10.7. The third kappa shape index (κ3) is 6.64. The van der Waals surface area contributed by atoms with E-state index in [0.717, 1.165) is 49.1 Å². The fourth-order valence-electron chi connectivity index (χ4n) is 3.77. The molecule has 0 spiro atoms. The van der Waals surface area contributed by atoms with Crippen molar-refractivity contribution in [2.24, 2.45) is 11.8 Å². The van der Waals surface area contributed by atoms with Gasteiger partial charge in [-0.1, -0.05) is 41.7 Å². The van der Waals surface area contributed by atoms with Crippen LogP contribution in [0.5, 0.6) is 5.75 Å². The first-order chi connectivity index (χ1) is 14.1. The van der Waals surface area contributed by atoms with Gasteiger partial charge in [0.25, 0.3) is 0 Å². The molecule has 0 atom stereocenters. The Balaban J connectivity index is 1.48. The smallest absolute Gasteiger partial charge is 0.314 e. The molecule has 0 radical (unpaired) electrons. The van der Waals surface area contributed by atoms with Gasteiger partial charge in [0.2, 0.25) is 0 Å². The summed E-state index contributed by atoms with van der Waals surface area (Å²) in [4.78, 5) is 12.5. The van der Waals surface area contributed by atoms with E-state index in [-0.39, 0.29) is 11.9 Å². The molecule has 0 aromatic heterocycles. The van der Waals surface area contributed by atoms with Crippen LogP contribution in [-0.2, 0) is 4.79 Å². The van der Waals surface area contributed by atoms with E-state index in [4.69, 9.17) is 4.74 Å². The van der Waals surface area contributed by atoms with Crippen LogP contribution in [-0.4, -0.2) is 5.97 Å². The number of carbonyl (C=O) groups excluding carboxylic acids is 1. The van der Waals surface area contributed by atoms with Gasteiger partial charge in [-0.2, -0.15) is 0 Å². The van der Waals surface area contributed by atoms with Gasteiger partial charge in [-0.05, 0) is 94.7 Å². The molecule has 0 amide bonds. The van der Waals surface area contributed by atoms with Crippen molar-refractivity contribution < 1.29 is 9.53 Å². The minimum absolute atomic E-state index is 0.0361. The molecule has 2 aromatic rings. The molecule has 0 saturated heterocycles. The molecule has 150 valence electrons. The van der Waals surface area contributed by atoms with Gasteiger partial charge >= 0.3 is 5.97 Å². The first-order valence-corrected chi connectivity index (χ1v) is 10.7. The Morgan fingerprint density at radius 1 is 0.966 bits per heavy atom. The van der Waals surface area contributed by atoms with Crippen LogP contribution >= 0.6 is 0 Å². The van der Waals surface area contributed by atoms with E-state index < -0.39 is 0 Å². The van der Waals surface area contributed by atoms with Gasteiger partial charge in [-0.25, -0.2) is 0 Å². The summed E-state index contributed by atoms with van der Waals surface area (Å²) in [6, 6.07) is 15.6. The number of carbonyl (C=O) groups is 1. The quantitative estimate of drug-likeness (QED) is 0.255. The van der Waals surface area contributed by atoms with Crippen LogP contribution in [0.15, 0.2) is 60.7 Å². The lowest BCUT2D eigenvalue weighted by Crippen LogP contribution is -2.25. The predicted octanol–water partition coefficient (Wildman–Crippen LogP) is 6.46. The summed E-state index contributed by atoms with van der Waals surface area (Å²) in [6.45, 7) is 4.13. The van der Waals surface area contributed by atoms with Crippen LogP contribution in [0.3, 0.4) is 0 Å². The van der Waals surface area contributed by atoms with Crippen molar-refractivity contribution in [1.82, 2.24) is 0 Å². The number of esters is 1. The third-order valence-electron chi connectivity index (χ3n) is 5.63. The molecular formula is C27H30O2. The molecular weight excluding hydrogens is 356 g/mol. The van der Waals surface area contributed by atoms with E-state index >= 15 is 0 Å². The zero-order valence-corrected chi connectivity index (χ0v) is 17.5. The van der Waals surface area contributed by atoms with Gasteiger partial charge in [-0.3, -0.25) is 4.79 Å². The van der Waals surface area contributed by atoms with E-state index in [1.165, 1.54) is 12.0 Å². The molecule has 2 heteroatoms. The SMILES string of the molecule is C/C=C/CCC1CCC(C(=O)Oc2ccc(C#Cc3ccc(C)cc3)cc2)CC1. The Morgan fingerprint density at radius 3 is 2.14 bits per heavy atom. The van der Waals surface area contributed by atoms with Crippen LogP contribution in [0, 0.1) is 30.6 Å². The summed E-state index contributed by atoms with van der Waals surface area (Å²) in [5, 5.41) is 0. The molecule has 0 N–H and O–H groups in total. The second-order valence-corrected chi connectivity index (χ2v) is 7.93. The molecule has 1 aliphatic rings. The lowest BCUT2D eigenvalue weighted by atomic mass is 9.80. The normalized spacial score (nSPS) is 18.8. The number of ether oxygens (including phenoxy) is 1. The van der Waals surface area contributed by atoms with Crippen molar-refractivity contribution >= 4 is 5.97 Å². The average molecular weight is 387 g/mol.